The molecule has 0 bridgehead atoms. The highest BCUT2D eigenvalue weighted by Crippen LogP contribution is 2.27. The molecule has 1 heterocycles. The Bertz CT molecular complexity index is 1110. The predicted molar refractivity (Wildman–Crippen MR) is 145 cm³/mol. The van der Waals surface area contributed by atoms with E-state index < -0.39 is 0 Å². The second-order valence-electron chi connectivity index (χ2n) is 8.30. The van der Waals surface area contributed by atoms with Gasteiger partial charge in [0.15, 0.2) is 0 Å². The van der Waals surface area contributed by atoms with Crippen molar-refractivity contribution >= 4 is 29.1 Å². The lowest BCUT2D eigenvalue weighted by Gasteiger charge is -2.30. The molecule has 0 aliphatic carbocycles. The zero-order valence-electron chi connectivity index (χ0n) is 21.0. The van der Waals surface area contributed by atoms with Crippen LogP contribution < -0.4 is 10.2 Å². The van der Waals surface area contributed by atoms with Crippen LogP contribution in [0.4, 0.5) is 11.4 Å². The molecular formula is C29H35N3O3. The molecule has 1 aliphatic rings. The molecule has 2 aromatic rings. The van der Waals surface area contributed by atoms with Gasteiger partial charge in [0.25, 0.3) is 0 Å². The first kappa shape index (κ1) is 26.0. The highest BCUT2D eigenvalue weighted by molar-refractivity contribution is 6.12. The van der Waals surface area contributed by atoms with E-state index in [4.69, 9.17) is 14.5 Å². The van der Waals surface area contributed by atoms with Crippen molar-refractivity contribution in [1.29, 1.82) is 0 Å². The molecule has 1 aliphatic heterocycles. The molecule has 6 heteroatoms. The van der Waals surface area contributed by atoms with Crippen LogP contribution in [0.2, 0.25) is 0 Å². The van der Waals surface area contributed by atoms with Crippen molar-refractivity contribution in [3.63, 3.8) is 0 Å². The molecule has 6 nitrogen and oxygen atoms in total. The maximum atomic E-state index is 12.9. The average Bonchev–Trinajstić information content (AvgIpc) is 2.90. The lowest BCUT2D eigenvalue weighted by Crippen LogP contribution is -2.37. The molecule has 1 saturated heterocycles. The summed E-state index contributed by atoms with van der Waals surface area (Å²) >= 11 is 0. The van der Waals surface area contributed by atoms with E-state index in [0.717, 1.165) is 53.3 Å². The summed E-state index contributed by atoms with van der Waals surface area (Å²) in [6, 6.07) is 13.8. The van der Waals surface area contributed by atoms with Gasteiger partial charge in [-0.05, 0) is 49.6 Å². The lowest BCUT2D eigenvalue weighted by atomic mass is 10.0. The number of allylic oxidation sites excluding steroid dienone is 2. The first-order valence-electron chi connectivity index (χ1n) is 12.0. The number of esters is 1. The average molecular weight is 474 g/mol. The second kappa shape index (κ2) is 12.7. The maximum Gasteiger partial charge on any atom is 0.340 e. The van der Waals surface area contributed by atoms with Gasteiger partial charge < -0.3 is 19.7 Å². The SMILES string of the molecule is C=Cc1ccc(C(=N/C(=C)Nc2ccc(N3CCOCC3)c(C(=O)OCCC)c2)/C(C)=C\C)cc1. The van der Waals surface area contributed by atoms with Gasteiger partial charge in [0.05, 0.1) is 36.8 Å². The number of morpholine rings is 1. The molecule has 2 aromatic carbocycles. The van der Waals surface area contributed by atoms with Gasteiger partial charge >= 0.3 is 5.97 Å². The summed E-state index contributed by atoms with van der Waals surface area (Å²) in [5.41, 5.74) is 5.98. The minimum Gasteiger partial charge on any atom is -0.462 e. The minimum atomic E-state index is -0.334. The summed E-state index contributed by atoms with van der Waals surface area (Å²) in [5, 5.41) is 3.25. The smallest absolute Gasteiger partial charge is 0.340 e. The Balaban J connectivity index is 1.88. The first-order valence-corrected chi connectivity index (χ1v) is 12.0. The Labute approximate surface area is 208 Å². The quantitative estimate of drug-likeness (QED) is 0.335. The van der Waals surface area contributed by atoms with Gasteiger partial charge in [0.2, 0.25) is 0 Å². The van der Waals surface area contributed by atoms with E-state index in [-0.39, 0.29) is 5.97 Å². The van der Waals surface area contributed by atoms with Gasteiger partial charge in [-0.15, -0.1) is 0 Å². The topological polar surface area (TPSA) is 63.2 Å². The molecule has 184 valence electrons. The molecule has 0 aromatic heterocycles. The molecule has 1 fully saturated rings. The van der Waals surface area contributed by atoms with Crippen LogP contribution in [0.25, 0.3) is 6.08 Å². The van der Waals surface area contributed by atoms with Crippen molar-refractivity contribution in [2.24, 2.45) is 4.99 Å². The van der Waals surface area contributed by atoms with Gasteiger partial charge in [0.1, 0.15) is 5.82 Å². The van der Waals surface area contributed by atoms with Crippen LogP contribution in [0.15, 0.2) is 78.1 Å². The second-order valence-corrected chi connectivity index (χ2v) is 8.30. The fourth-order valence-corrected chi connectivity index (χ4v) is 3.75. The van der Waals surface area contributed by atoms with Crippen LogP contribution in [-0.4, -0.2) is 44.6 Å². The molecule has 3 rings (SSSR count). The molecule has 1 N–H and O–H groups in total. The summed E-state index contributed by atoms with van der Waals surface area (Å²) in [6.45, 7) is 17.0. The minimum absolute atomic E-state index is 0.334. The van der Waals surface area contributed by atoms with Crippen molar-refractivity contribution in [2.45, 2.75) is 27.2 Å². The molecule has 0 amide bonds. The predicted octanol–water partition coefficient (Wildman–Crippen LogP) is 6.07. The van der Waals surface area contributed by atoms with Crippen molar-refractivity contribution in [3.8, 4) is 0 Å². The van der Waals surface area contributed by atoms with Gasteiger partial charge in [-0.25, -0.2) is 9.79 Å². The Morgan fingerprint density at radius 2 is 1.91 bits per heavy atom. The van der Waals surface area contributed by atoms with Gasteiger partial charge in [-0.3, -0.25) is 0 Å². The van der Waals surface area contributed by atoms with Crippen LogP contribution in [0.5, 0.6) is 0 Å². The van der Waals surface area contributed by atoms with E-state index >= 15 is 0 Å². The molecule has 0 atom stereocenters. The van der Waals surface area contributed by atoms with E-state index in [2.05, 4.69) is 23.4 Å². The van der Waals surface area contributed by atoms with E-state index in [1.807, 2.05) is 75.4 Å². The van der Waals surface area contributed by atoms with Crippen LogP contribution >= 0.6 is 0 Å². The maximum absolute atomic E-state index is 12.9. The molecule has 0 spiro atoms. The van der Waals surface area contributed by atoms with Crippen molar-refractivity contribution in [1.82, 2.24) is 0 Å². The van der Waals surface area contributed by atoms with Gasteiger partial charge in [-0.2, -0.15) is 0 Å². The van der Waals surface area contributed by atoms with Gasteiger partial charge in [0, 0.05) is 24.3 Å². The number of carbonyl (C=O) groups is 1. The number of benzene rings is 2. The van der Waals surface area contributed by atoms with E-state index in [1.54, 1.807) is 0 Å². The zero-order chi connectivity index (χ0) is 25.2. The molecule has 0 radical (unpaired) electrons. The van der Waals surface area contributed by atoms with Crippen LogP contribution in [-0.2, 0) is 9.47 Å². The first-order chi connectivity index (χ1) is 17.0. The number of ether oxygens (including phenoxy) is 2. The Morgan fingerprint density at radius 1 is 1.20 bits per heavy atom. The van der Waals surface area contributed by atoms with Crippen molar-refractivity contribution < 1.29 is 14.3 Å². The van der Waals surface area contributed by atoms with Crippen molar-refractivity contribution in [3.05, 3.63) is 89.8 Å². The van der Waals surface area contributed by atoms with Crippen LogP contribution in [0.1, 0.15) is 48.7 Å². The zero-order valence-corrected chi connectivity index (χ0v) is 21.0. The standard InChI is InChI=1S/C29H35N3O3/c1-6-17-35-29(33)26-20-25(13-14-27(26)32-15-18-34-19-16-32)30-22(5)31-28(21(4)7-2)24-11-9-23(8-3)10-12-24/h7-14,20,30H,3,5-6,15-19H2,1-2,4H3/b21-7-,31-28+. The van der Waals surface area contributed by atoms with E-state index in [1.165, 1.54) is 0 Å². The number of rotatable bonds is 10. The molecule has 0 unspecified atom stereocenters. The highest BCUT2D eigenvalue weighted by atomic mass is 16.5. The third-order valence-electron chi connectivity index (χ3n) is 5.77. The number of hydrogen-bond acceptors (Lipinski definition) is 6. The van der Waals surface area contributed by atoms with Gasteiger partial charge in [-0.1, -0.05) is 56.5 Å². The number of anilines is 2. The normalized spacial score (nSPS) is 14.4. The largest absolute Gasteiger partial charge is 0.462 e. The van der Waals surface area contributed by atoms with E-state index in [0.29, 0.717) is 31.2 Å². The summed E-state index contributed by atoms with van der Waals surface area (Å²) in [5.74, 6) is 0.139. The third-order valence-corrected chi connectivity index (χ3v) is 5.77. The Kier molecular flexibility index (Phi) is 9.44. The fraction of sp³-hybridized carbons (Fsp3) is 0.310. The third kappa shape index (κ3) is 6.93. The monoisotopic (exact) mass is 473 g/mol. The van der Waals surface area contributed by atoms with Crippen LogP contribution in [0.3, 0.4) is 0 Å². The highest BCUT2D eigenvalue weighted by Gasteiger charge is 2.20. The summed E-state index contributed by atoms with van der Waals surface area (Å²) in [4.78, 5) is 19.8. The van der Waals surface area contributed by atoms with E-state index in [9.17, 15) is 4.79 Å². The Hall–Kier alpha value is -3.64. The number of aliphatic imine (C=N–C) groups is 1. The molecular weight excluding hydrogens is 438 g/mol. The number of carbonyl (C=O) groups excluding carboxylic acids is 1. The Morgan fingerprint density at radius 3 is 2.54 bits per heavy atom. The number of nitrogens with one attached hydrogen (secondary N) is 1. The van der Waals surface area contributed by atoms with Crippen LogP contribution in [0, 0.1) is 0 Å². The summed E-state index contributed by atoms with van der Waals surface area (Å²) in [6.07, 6.45) is 4.60. The fourth-order valence-electron chi connectivity index (χ4n) is 3.75. The van der Waals surface area contributed by atoms with Crippen molar-refractivity contribution in [2.75, 3.05) is 43.1 Å². The summed E-state index contributed by atoms with van der Waals surface area (Å²) in [7, 11) is 0. The number of hydrogen-bond donors (Lipinski definition) is 1. The molecule has 0 saturated carbocycles. The number of nitrogens with zero attached hydrogens (tertiary/aromatic N) is 2. The molecule has 35 heavy (non-hydrogen) atoms. The summed E-state index contributed by atoms with van der Waals surface area (Å²) < 4.78 is 10.9. The lowest BCUT2D eigenvalue weighted by molar-refractivity contribution is 0.0505.